The van der Waals surface area contributed by atoms with E-state index < -0.39 is 0 Å². The predicted octanol–water partition coefficient (Wildman–Crippen LogP) is 4.01. The van der Waals surface area contributed by atoms with Gasteiger partial charge in [-0.2, -0.15) is 0 Å². The number of rotatable bonds is 3. The molecule has 0 amide bonds. The van der Waals surface area contributed by atoms with Crippen LogP contribution in [0.25, 0.3) is 0 Å². The number of aromatic nitrogens is 1. The zero-order chi connectivity index (χ0) is 11.5. The number of hydrogen-bond acceptors (Lipinski definition) is 3. The number of pyridine rings is 1. The molecule has 0 aliphatic carbocycles. The normalized spacial score (nSPS) is 10.4. The average molecular weight is 302 g/mol. The third-order valence-electron chi connectivity index (χ3n) is 2.06. The maximum absolute atomic E-state index is 5.95. The van der Waals surface area contributed by atoms with Crippen molar-refractivity contribution in [3.63, 3.8) is 0 Å². The highest BCUT2D eigenvalue weighted by atomic mass is 79.9. The second-order valence-electron chi connectivity index (χ2n) is 3.41. The highest BCUT2D eigenvalue weighted by Gasteiger charge is 2.03. The fourth-order valence-electron chi connectivity index (χ4n) is 1.31. The quantitative estimate of drug-likeness (QED) is 0.870. The van der Waals surface area contributed by atoms with Gasteiger partial charge in [-0.15, -0.1) is 0 Å². The molecule has 0 aromatic carbocycles. The van der Waals surface area contributed by atoms with Crippen molar-refractivity contribution in [3.8, 4) is 0 Å². The van der Waals surface area contributed by atoms with Gasteiger partial charge in [-0.25, -0.2) is 4.98 Å². The van der Waals surface area contributed by atoms with Crippen molar-refractivity contribution < 1.29 is 4.42 Å². The maximum atomic E-state index is 5.95. The van der Waals surface area contributed by atoms with Gasteiger partial charge in [0.25, 0.3) is 0 Å². The number of nitrogens with zero attached hydrogens (tertiary/aromatic N) is 1. The highest BCUT2D eigenvalue weighted by molar-refractivity contribution is 9.10. The van der Waals surface area contributed by atoms with Crippen LogP contribution in [0.4, 0.5) is 5.69 Å². The summed E-state index contributed by atoms with van der Waals surface area (Å²) in [6, 6.07) is 5.70. The first-order valence-corrected chi connectivity index (χ1v) is 5.92. The second kappa shape index (κ2) is 4.89. The third kappa shape index (κ3) is 2.77. The molecule has 3 nitrogen and oxygen atoms in total. The fourth-order valence-corrected chi connectivity index (χ4v) is 1.82. The average Bonchev–Trinajstić information content (AvgIpc) is 2.66. The number of hydrogen-bond donors (Lipinski definition) is 1. The number of anilines is 1. The van der Waals surface area contributed by atoms with E-state index in [1.165, 1.54) is 0 Å². The Balaban J connectivity index is 2.07. The first kappa shape index (κ1) is 11.5. The molecule has 0 fully saturated rings. The molecule has 0 spiro atoms. The molecule has 1 N–H and O–H groups in total. The van der Waals surface area contributed by atoms with Gasteiger partial charge in [0.1, 0.15) is 5.76 Å². The molecule has 0 saturated heterocycles. The monoisotopic (exact) mass is 300 g/mol. The van der Waals surface area contributed by atoms with Gasteiger partial charge in [0.2, 0.25) is 0 Å². The number of furan rings is 1. The van der Waals surface area contributed by atoms with Crippen LogP contribution in [0.3, 0.4) is 0 Å². The maximum Gasteiger partial charge on any atom is 0.169 e. The minimum Gasteiger partial charge on any atom is -0.452 e. The Morgan fingerprint density at radius 1 is 1.50 bits per heavy atom. The molecule has 0 aliphatic heterocycles. The fraction of sp³-hybridized carbons (Fsp3) is 0.182. The Morgan fingerprint density at radius 3 is 3.00 bits per heavy atom. The molecule has 0 atom stereocenters. The van der Waals surface area contributed by atoms with Crippen LogP contribution in [0, 0.1) is 6.92 Å². The van der Waals surface area contributed by atoms with E-state index >= 15 is 0 Å². The molecule has 0 aliphatic rings. The summed E-state index contributed by atoms with van der Waals surface area (Å²) >= 11 is 9.21. The van der Waals surface area contributed by atoms with E-state index in [0.29, 0.717) is 11.7 Å². The third-order valence-corrected chi connectivity index (χ3v) is 2.79. The Kier molecular flexibility index (Phi) is 3.51. The van der Waals surface area contributed by atoms with Crippen molar-refractivity contribution in [1.29, 1.82) is 0 Å². The highest BCUT2D eigenvalue weighted by Crippen LogP contribution is 2.21. The minimum atomic E-state index is 0.469. The molecule has 0 unspecified atom stereocenters. The lowest BCUT2D eigenvalue weighted by atomic mass is 10.3. The van der Waals surface area contributed by atoms with Gasteiger partial charge in [0.05, 0.1) is 12.2 Å². The number of halogens is 2. The summed E-state index contributed by atoms with van der Waals surface area (Å²) in [6.07, 6.45) is 1.73. The molecule has 2 aromatic rings. The van der Waals surface area contributed by atoms with Gasteiger partial charge in [-0.1, -0.05) is 11.6 Å². The van der Waals surface area contributed by atoms with Crippen LogP contribution in [-0.4, -0.2) is 4.98 Å². The van der Waals surface area contributed by atoms with Gasteiger partial charge >= 0.3 is 0 Å². The molecule has 0 radical (unpaired) electrons. The molecule has 84 valence electrons. The van der Waals surface area contributed by atoms with Crippen LogP contribution >= 0.6 is 27.5 Å². The summed E-state index contributed by atoms with van der Waals surface area (Å²) in [6.45, 7) is 2.55. The van der Waals surface area contributed by atoms with Crippen LogP contribution in [0.15, 0.2) is 33.5 Å². The van der Waals surface area contributed by atoms with Crippen molar-refractivity contribution in [2.75, 3.05) is 5.32 Å². The lowest BCUT2D eigenvalue weighted by Gasteiger charge is -2.06. The van der Waals surface area contributed by atoms with Crippen molar-refractivity contribution >= 4 is 33.2 Å². The van der Waals surface area contributed by atoms with E-state index in [1.807, 2.05) is 25.1 Å². The van der Waals surface area contributed by atoms with Gasteiger partial charge < -0.3 is 9.73 Å². The zero-order valence-corrected chi connectivity index (χ0v) is 11.0. The Bertz CT molecular complexity index is 498. The number of aryl methyl sites for hydroxylation is 1. The topological polar surface area (TPSA) is 38.1 Å². The molecule has 2 rings (SSSR count). The van der Waals surface area contributed by atoms with Crippen molar-refractivity contribution in [2.45, 2.75) is 13.5 Å². The lowest BCUT2D eigenvalue weighted by Crippen LogP contribution is -2.00. The Hall–Kier alpha value is -1.000. The summed E-state index contributed by atoms with van der Waals surface area (Å²) in [5, 5.41) is 3.64. The standard InChI is InChI=1S/C11H10BrClN2O/c1-7-4-9(11(13)15-5-7)14-6-8-2-3-10(12)16-8/h2-5,14H,6H2,1H3. The van der Waals surface area contributed by atoms with E-state index in [2.05, 4.69) is 26.2 Å². The smallest absolute Gasteiger partial charge is 0.169 e. The molecule has 2 heterocycles. The molecule has 5 heteroatoms. The molecule has 0 bridgehead atoms. The molecular formula is C11H10BrClN2O. The second-order valence-corrected chi connectivity index (χ2v) is 4.55. The van der Waals surface area contributed by atoms with Crippen LogP contribution in [0.5, 0.6) is 0 Å². The van der Waals surface area contributed by atoms with Gasteiger partial charge in [-0.05, 0) is 46.6 Å². The van der Waals surface area contributed by atoms with Crippen molar-refractivity contribution in [2.24, 2.45) is 0 Å². The van der Waals surface area contributed by atoms with Crippen molar-refractivity contribution in [1.82, 2.24) is 4.98 Å². The first-order chi connectivity index (χ1) is 7.65. The van der Waals surface area contributed by atoms with E-state index in [-0.39, 0.29) is 0 Å². The summed E-state index contributed by atoms with van der Waals surface area (Å²) in [4.78, 5) is 4.06. The number of nitrogens with one attached hydrogen (secondary N) is 1. The van der Waals surface area contributed by atoms with E-state index in [1.54, 1.807) is 6.20 Å². The van der Waals surface area contributed by atoms with E-state index in [9.17, 15) is 0 Å². The van der Waals surface area contributed by atoms with Crippen LogP contribution in [0.2, 0.25) is 5.15 Å². The van der Waals surface area contributed by atoms with Crippen LogP contribution < -0.4 is 5.32 Å². The van der Waals surface area contributed by atoms with Crippen molar-refractivity contribution in [3.05, 3.63) is 45.5 Å². The zero-order valence-electron chi connectivity index (χ0n) is 8.63. The largest absolute Gasteiger partial charge is 0.452 e. The summed E-state index contributed by atoms with van der Waals surface area (Å²) in [5.74, 6) is 0.837. The van der Waals surface area contributed by atoms with Crippen LogP contribution in [-0.2, 0) is 6.54 Å². The van der Waals surface area contributed by atoms with Gasteiger partial charge in [0, 0.05) is 6.20 Å². The summed E-state index contributed by atoms with van der Waals surface area (Å²) in [5.41, 5.74) is 1.88. The summed E-state index contributed by atoms with van der Waals surface area (Å²) in [7, 11) is 0. The molecule has 2 aromatic heterocycles. The van der Waals surface area contributed by atoms with Crippen LogP contribution in [0.1, 0.15) is 11.3 Å². The lowest BCUT2D eigenvalue weighted by molar-refractivity contribution is 0.495. The summed E-state index contributed by atoms with van der Waals surface area (Å²) < 4.78 is 6.09. The Morgan fingerprint density at radius 2 is 2.31 bits per heavy atom. The van der Waals surface area contributed by atoms with Gasteiger partial charge in [-0.3, -0.25) is 0 Å². The van der Waals surface area contributed by atoms with E-state index in [0.717, 1.165) is 21.7 Å². The first-order valence-electron chi connectivity index (χ1n) is 4.75. The molecule has 0 saturated carbocycles. The minimum absolute atomic E-state index is 0.469. The Labute approximate surface area is 107 Å². The molecule has 16 heavy (non-hydrogen) atoms. The predicted molar refractivity (Wildman–Crippen MR) is 67.7 cm³/mol. The SMILES string of the molecule is Cc1cnc(Cl)c(NCc2ccc(Br)o2)c1. The molecular weight excluding hydrogens is 291 g/mol. The van der Waals surface area contributed by atoms with Gasteiger partial charge in [0.15, 0.2) is 9.82 Å². The van der Waals surface area contributed by atoms with E-state index in [4.69, 9.17) is 16.0 Å².